The molecule has 0 heterocycles. The van der Waals surface area contributed by atoms with E-state index in [9.17, 15) is 4.79 Å². The Morgan fingerprint density at radius 2 is 1.67 bits per heavy atom. The molecule has 0 aliphatic heterocycles. The molecule has 0 bridgehead atoms. The fraction of sp³-hybridized carbons (Fsp3) is 0.235. The molecule has 3 nitrogen and oxygen atoms in total. The Balaban J connectivity index is 1.89. The van der Waals surface area contributed by atoms with Gasteiger partial charge in [0.05, 0.1) is 7.11 Å². The van der Waals surface area contributed by atoms with Crippen molar-refractivity contribution in [1.82, 2.24) is 0 Å². The molecule has 2 rings (SSSR count). The zero-order valence-corrected chi connectivity index (χ0v) is 13.4. The van der Waals surface area contributed by atoms with Gasteiger partial charge in [-0.2, -0.15) is 0 Å². The normalized spacial score (nSPS) is 11.7. The standard InChI is InChI=1S/C17H17BrO3/c1-20-17(19)16(18)12-21-15-9-7-14(8-10-15)11-13-5-3-2-4-6-13/h2-10,16H,11-12H2,1H3. The summed E-state index contributed by atoms with van der Waals surface area (Å²) in [5.74, 6) is 0.399. The van der Waals surface area contributed by atoms with E-state index in [-0.39, 0.29) is 12.6 Å². The van der Waals surface area contributed by atoms with E-state index in [1.807, 2.05) is 42.5 Å². The van der Waals surface area contributed by atoms with E-state index >= 15 is 0 Å². The first-order valence-corrected chi connectivity index (χ1v) is 7.58. The Bertz CT molecular complexity index is 566. The number of ether oxygens (including phenoxy) is 2. The summed E-state index contributed by atoms with van der Waals surface area (Å²) in [6.45, 7) is 0.241. The van der Waals surface area contributed by atoms with Gasteiger partial charge >= 0.3 is 5.97 Å². The second-order valence-corrected chi connectivity index (χ2v) is 5.71. The second kappa shape index (κ2) is 7.84. The van der Waals surface area contributed by atoms with Crippen molar-refractivity contribution in [2.45, 2.75) is 11.2 Å². The van der Waals surface area contributed by atoms with Gasteiger partial charge in [-0.25, -0.2) is 0 Å². The topological polar surface area (TPSA) is 35.5 Å². The van der Waals surface area contributed by atoms with Crippen molar-refractivity contribution in [3.05, 3.63) is 65.7 Å². The molecule has 0 aromatic heterocycles. The summed E-state index contributed by atoms with van der Waals surface area (Å²) in [7, 11) is 1.36. The van der Waals surface area contributed by atoms with Crippen LogP contribution in [0.4, 0.5) is 0 Å². The molecule has 0 aliphatic rings. The fourth-order valence-corrected chi connectivity index (χ4v) is 2.22. The summed E-state index contributed by atoms with van der Waals surface area (Å²) in [5.41, 5.74) is 2.49. The van der Waals surface area contributed by atoms with Gasteiger partial charge in [-0.3, -0.25) is 4.79 Å². The third-order valence-electron chi connectivity index (χ3n) is 3.03. The van der Waals surface area contributed by atoms with Crippen LogP contribution in [0.25, 0.3) is 0 Å². The van der Waals surface area contributed by atoms with Gasteiger partial charge in [0.1, 0.15) is 17.2 Å². The minimum Gasteiger partial charge on any atom is -0.492 e. The van der Waals surface area contributed by atoms with Crippen LogP contribution in [0.5, 0.6) is 5.75 Å². The average molecular weight is 349 g/mol. The van der Waals surface area contributed by atoms with Gasteiger partial charge in [0.25, 0.3) is 0 Å². The highest BCUT2D eigenvalue weighted by Gasteiger charge is 2.15. The molecular formula is C17H17BrO3. The first-order valence-electron chi connectivity index (χ1n) is 6.66. The van der Waals surface area contributed by atoms with E-state index in [0.717, 1.165) is 12.2 Å². The van der Waals surface area contributed by atoms with Gasteiger partial charge in [-0.05, 0) is 29.7 Å². The van der Waals surface area contributed by atoms with Crippen LogP contribution in [-0.4, -0.2) is 24.5 Å². The smallest absolute Gasteiger partial charge is 0.322 e. The molecule has 1 atom stereocenters. The number of carbonyl (C=O) groups excluding carboxylic acids is 1. The lowest BCUT2D eigenvalue weighted by Gasteiger charge is -2.10. The Labute approximate surface area is 133 Å². The zero-order chi connectivity index (χ0) is 15.1. The van der Waals surface area contributed by atoms with Crippen LogP contribution in [0.1, 0.15) is 11.1 Å². The number of hydrogen-bond donors (Lipinski definition) is 0. The quantitative estimate of drug-likeness (QED) is 0.591. The SMILES string of the molecule is COC(=O)C(Br)COc1ccc(Cc2ccccc2)cc1. The van der Waals surface area contributed by atoms with E-state index < -0.39 is 4.83 Å². The van der Waals surface area contributed by atoms with Crippen molar-refractivity contribution in [3.8, 4) is 5.75 Å². The van der Waals surface area contributed by atoms with E-state index in [4.69, 9.17) is 4.74 Å². The monoisotopic (exact) mass is 348 g/mol. The third kappa shape index (κ3) is 4.90. The van der Waals surface area contributed by atoms with Crippen molar-refractivity contribution in [2.75, 3.05) is 13.7 Å². The van der Waals surface area contributed by atoms with Crippen molar-refractivity contribution in [3.63, 3.8) is 0 Å². The number of benzene rings is 2. The third-order valence-corrected chi connectivity index (χ3v) is 3.67. The number of hydrogen-bond acceptors (Lipinski definition) is 3. The molecule has 0 saturated carbocycles. The van der Waals surface area contributed by atoms with Crippen LogP contribution >= 0.6 is 15.9 Å². The summed E-state index contributed by atoms with van der Waals surface area (Å²) in [5, 5.41) is 0. The molecule has 110 valence electrons. The summed E-state index contributed by atoms with van der Waals surface area (Å²) in [4.78, 5) is 10.8. The molecule has 2 aromatic rings. The largest absolute Gasteiger partial charge is 0.492 e. The van der Waals surface area contributed by atoms with Crippen LogP contribution < -0.4 is 4.74 Å². The van der Waals surface area contributed by atoms with Gasteiger partial charge in [0.15, 0.2) is 0 Å². The highest BCUT2D eigenvalue weighted by molar-refractivity contribution is 9.10. The molecule has 4 heteroatoms. The Morgan fingerprint density at radius 3 is 2.29 bits per heavy atom. The maximum Gasteiger partial charge on any atom is 0.322 e. The van der Waals surface area contributed by atoms with Crippen LogP contribution in [0.2, 0.25) is 0 Å². The molecule has 0 amide bonds. The summed E-state index contributed by atoms with van der Waals surface area (Å²) < 4.78 is 10.2. The highest BCUT2D eigenvalue weighted by Crippen LogP contribution is 2.16. The van der Waals surface area contributed by atoms with Crippen LogP contribution in [0.15, 0.2) is 54.6 Å². The van der Waals surface area contributed by atoms with Crippen molar-refractivity contribution >= 4 is 21.9 Å². The van der Waals surface area contributed by atoms with Gasteiger partial charge in [0.2, 0.25) is 0 Å². The molecule has 0 spiro atoms. The molecule has 0 fully saturated rings. The van der Waals surface area contributed by atoms with Crippen LogP contribution in [0, 0.1) is 0 Å². The molecule has 1 unspecified atom stereocenters. The highest BCUT2D eigenvalue weighted by atomic mass is 79.9. The summed E-state index contributed by atoms with van der Waals surface area (Å²) in [6, 6.07) is 18.2. The lowest BCUT2D eigenvalue weighted by Crippen LogP contribution is -2.22. The van der Waals surface area contributed by atoms with Crippen molar-refractivity contribution < 1.29 is 14.3 Å². The molecule has 0 N–H and O–H groups in total. The number of halogens is 1. The predicted octanol–water partition coefficient (Wildman–Crippen LogP) is 3.59. The maximum atomic E-state index is 11.2. The number of esters is 1. The molecule has 0 aliphatic carbocycles. The maximum absolute atomic E-state index is 11.2. The Hall–Kier alpha value is -1.81. The van der Waals surface area contributed by atoms with Gasteiger partial charge in [0, 0.05) is 0 Å². The zero-order valence-electron chi connectivity index (χ0n) is 11.8. The van der Waals surface area contributed by atoms with E-state index in [2.05, 4.69) is 32.8 Å². The average Bonchev–Trinajstić information content (AvgIpc) is 2.54. The minimum absolute atomic E-state index is 0.241. The van der Waals surface area contributed by atoms with Crippen LogP contribution in [0.3, 0.4) is 0 Å². The molecular weight excluding hydrogens is 332 g/mol. The number of methoxy groups -OCH3 is 1. The van der Waals surface area contributed by atoms with Crippen molar-refractivity contribution in [1.29, 1.82) is 0 Å². The number of rotatable bonds is 6. The van der Waals surface area contributed by atoms with Gasteiger partial charge in [-0.1, -0.05) is 58.4 Å². The summed E-state index contributed by atoms with van der Waals surface area (Å²) >= 11 is 3.22. The fourth-order valence-electron chi connectivity index (χ4n) is 1.90. The molecule has 0 radical (unpaired) electrons. The van der Waals surface area contributed by atoms with Crippen molar-refractivity contribution in [2.24, 2.45) is 0 Å². The van der Waals surface area contributed by atoms with Gasteiger partial charge in [-0.15, -0.1) is 0 Å². The minimum atomic E-state index is -0.452. The van der Waals surface area contributed by atoms with E-state index in [1.54, 1.807) is 0 Å². The first kappa shape index (κ1) is 15.6. The Kier molecular flexibility index (Phi) is 5.81. The first-order chi connectivity index (χ1) is 10.2. The van der Waals surface area contributed by atoms with Crippen LogP contribution in [-0.2, 0) is 16.0 Å². The molecule has 0 saturated heterocycles. The Morgan fingerprint density at radius 1 is 1.05 bits per heavy atom. The number of carbonyl (C=O) groups is 1. The molecule has 21 heavy (non-hydrogen) atoms. The predicted molar refractivity (Wildman–Crippen MR) is 85.9 cm³/mol. The number of alkyl halides is 1. The van der Waals surface area contributed by atoms with E-state index in [0.29, 0.717) is 0 Å². The molecule has 2 aromatic carbocycles. The lowest BCUT2D eigenvalue weighted by atomic mass is 10.1. The summed E-state index contributed by atoms with van der Waals surface area (Å²) in [6.07, 6.45) is 0.893. The van der Waals surface area contributed by atoms with Gasteiger partial charge < -0.3 is 9.47 Å². The second-order valence-electron chi connectivity index (χ2n) is 4.61. The lowest BCUT2D eigenvalue weighted by molar-refractivity contribution is -0.140. The van der Waals surface area contributed by atoms with E-state index in [1.165, 1.54) is 18.2 Å².